The van der Waals surface area contributed by atoms with Crippen LogP contribution in [-0.4, -0.2) is 40.5 Å². The second-order valence-electron chi connectivity index (χ2n) is 8.27. The van der Waals surface area contributed by atoms with Gasteiger partial charge >= 0.3 is 0 Å². The Hall–Kier alpha value is -0.986. The van der Waals surface area contributed by atoms with Gasteiger partial charge in [0.15, 0.2) is 22.2 Å². The Labute approximate surface area is 148 Å². The van der Waals surface area contributed by atoms with Crippen LogP contribution in [0.25, 0.3) is 0 Å². The van der Waals surface area contributed by atoms with Gasteiger partial charge in [-0.25, -0.2) is 0 Å². The number of carbonyl (C=O) groups is 2. The largest absolute Gasteiger partial charge is 0.470 e. The first-order valence-corrected chi connectivity index (χ1v) is 15.6. The van der Waals surface area contributed by atoms with Gasteiger partial charge in [-0.2, -0.15) is 0 Å². The number of hydrogen-bond acceptors (Lipinski definition) is 4. The molecule has 1 aliphatic rings. The van der Waals surface area contributed by atoms with Crippen LogP contribution in [0, 0.1) is 0 Å². The molecule has 24 heavy (non-hydrogen) atoms. The quantitative estimate of drug-likeness (QED) is 0.330. The molecule has 0 aromatic heterocycles. The van der Waals surface area contributed by atoms with E-state index in [1.165, 1.54) is 0 Å². The molecule has 0 aromatic rings. The molecule has 0 aromatic carbocycles. The molecule has 0 radical (unpaired) electrons. The molecule has 1 atom stereocenters. The Kier molecular flexibility index (Phi) is 7.83. The molecule has 4 nitrogen and oxygen atoms in total. The van der Waals surface area contributed by atoms with Gasteiger partial charge in [0.05, 0.1) is 12.7 Å². The highest BCUT2D eigenvalue weighted by molar-refractivity contribution is 7.02. The predicted molar refractivity (Wildman–Crippen MR) is 104 cm³/mol. The molecule has 0 saturated heterocycles. The number of ketones is 1. The lowest BCUT2D eigenvalue weighted by atomic mass is 10.1. The number of allylic oxidation sites excluding steroid dienone is 2. The lowest BCUT2D eigenvalue weighted by Crippen LogP contribution is -2.34. The Morgan fingerprint density at radius 1 is 1.17 bits per heavy atom. The van der Waals surface area contributed by atoms with Crippen molar-refractivity contribution in [2.24, 2.45) is 0 Å². The highest BCUT2D eigenvalue weighted by Crippen LogP contribution is 2.24. The lowest BCUT2D eigenvalue weighted by molar-refractivity contribution is -0.115. The van der Waals surface area contributed by atoms with Crippen LogP contribution >= 0.6 is 0 Å². The van der Waals surface area contributed by atoms with Gasteiger partial charge in [0, 0.05) is 6.42 Å². The lowest BCUT2D eigenvalue weighted by Gasteiger charge is -2.21. The third-order valence-electron chi connectivity index (χ3n) is 3.51. The molecule has 0 saturated carbocycles. The predicted octanol–water partition coefficient (Wildman–Crippen LogP) is 4.89. The molecule has 6 heteroatoms. The van der Waals surface area contributed by atoms with E-state index < -0.39 is 16.4 Å². The van der Waals surface area contributed by atoms with Crippen LogP contribution in [0.15, 0.2) is 23.8 Å². The average Bonchev–Trinajstić information content (AvgIpc) is 2.74. The molecular weight excluding hydrogens is 336 g/mol. The maximum absolute atomic E-state index is 12.0. The van der Waals surface area contributed by atoms with E-state index in [2.05, 4.69) is 25.7 Å². The first kappa shape index (κ1) is 21.1. The van der Waals surface area contributed by atoms with Crippen LogP contribution < -0.4 is 0 Å². The minimum absolute atomic E-state index is 0.0240. The third kappa shape index (κ3) is 8.21. The van der Waals surface area contributed by atoms with Gasteiger partial charge in [0.2, 0.25) is 0 Å². The topological polar surface area (TPSA) is 52.6 Å². The third-order valence-corrected chi connectivity index (χ3v) is 5.89. The normalized spacial score (nSPS) is 19.0. The zero-order valence-corrected chi connectivity index (χ0v) is 18.0. The molecule has 0 heterocycles. The van der Waals surface area contributed by atoms with E-state index in [-0.39, 0.29) is 17.5 Å². The molecule has 0 N–H and O–H groups in total. The summed E-state index contributed by atoms with van der Waals surface area (Å²) in [4.78, 5) is 23.6. The number of hydrogen-bond donors (Lipinski definition) is 0. The monoisotopic (exact) mass is 368 g/mol. The van der Waals surface area contributed by atoms with Crippen molar-refractivity contribution >= 4 is 27.8 Å². The summed E-state index contributed by atoms with van der Waals surface area (Å²) in [6, 6.07) is 0. The fourth-order valence-electron chi connectivity index (χ4n) is 2.35. The molecule has 136 valence electrons. The maximum atomic E-state index is 12.0. The SMILES string of the molecule is C[Si](C)(C)O[C@H]1C=C(CC/C=C\CCOC(=O)[Si](C)(C)C)C(=O)C1. The van der Waals surface area contributed by atoms with Gasteiger partial charge in [-0.15, -0.1) is 0 Å². The van der Waals surface area contributed by atoms with E-state index >= 15 is 0 Å². The molecule has 1 rings (SSSR count). The average molecular weight is 369 g/mol. The van der Waals surface area contributed by atoms with Gasteiger partial charge in [-0.3, -0.25) is 9.59 Å². The summed E-state index contributed by atoms with van der Waals surface area (Å²) in [6.07, 6.45) is 8.88. The van der Waals surface area contributed by atoms with Gasteiger partial charge in [0.25, 0.3) is 5.59 Å². The highest BCUT2D eigenvalue weighted by Gasteiger charge is 2.28. The van der Waals surface area contributed by atoms with Crippen molar-refractivity contribution in [3.05, 3.63) is 23.8 Å². The van der Waals surface area contributed by atoms with Gasteiger partial charge < -0.3 is 9.16 Å². The van der Waals surface area contributed by atoms with Gasteiger partial charge in [-0.05, 0) is 50.6 Å². The fourth-order valence-corrected chi connectivity index (χ4v) is 3.95. The van der Waals surface area contributed by atoms with Crippen LogP contribution in [0.3, 0.4) is 0 Å². The highest BCUT2D eigenvalue weighted by atomic mass is 28.4. The Balaban J connectivity index is 2.26. The number of rotatable bonds is 9. The van der Waals surface area contributed by atoms with Crippen LogP contribution in [0.4, 0.5) is 4.79 Å². The van der Waals surface area contributed by atoms with E-state index in [9.17, 15) is 9.59 Å². The molecule has 0 aliphatic heterocycles. The summed E-state index contributed by atoms with van der Waals surface area (Å²) in [6.45, 7) is 12.8. The standard InChI is InChI=1S/C18H32O4Si2/c1-23(2,3)18(20)21-12-10-8-7-9-11-15-13-16(14-17(15)19)22-24(4,5)6/h7-8,13,16H,9-12,14H2,1-6H3/b8-7-/t16-/m0/s1. The zero-order valence-electron chi connectivity index (χ0n) is 16.0. The van der Waals surface area contributed by atoms with Crippen LogP contribution in [0.2, 0.25) is 39.3 Å². The number of ether oxygens (including phenoxy) is 1. The first-order valence-electron chi connectivity index (χ1n) is 8.73. The molecule has 0 bridgehead atoms. The van der Waals surface area contributed by atoms with Crippen LogP contribution in [0.1, 0.15) is 25.7 Å². The van der Waals surface area contributed by atoms with Crippen molar-refractivity contribution in [1.82, 2.24) is 0 Å². The fraction of sp³-hybridized carbons (Fsp3) is 0.667. The van der Waals surface area contributed by atoms with E-state index in [0.717, 1.165) is 24.8 Å². The molecule has 0 fully saturated rings. The number of carbonyl (C=O) groups excluding carboxylic acids is 2. The number of Topliss-reactive ketones (excluding diaryl/α,β-unsaturated/α-hetero) is 1. The molecule has 0 spiro atoms. The summed E-state index contributed by atoms with van der Waals surface area (Å²) in [5.74, 6) is 0.218. The van der Waals surface area contributed by atoms with E-state index in [1.807, 2.05) is 31.8 Å². The van der Waals surface area contributed by atoms with E-state index in [4.69, 9.17) is 9.16 Å². The summed E-state index contributed by atoms with van der Waals surface area (Å²) in [7, 11) is -3.43. The minimum Gasteiger partial charge on any atom is -0.470 e. The molecule has 0 amide bonds. The Bertz CT molecular complexity index is 510. The molecule has 0 unspecified atom stereocenters. The Morgan fingerprint density at radius 3 is 2.38 bits per heavy atom. The molecule has 1 aliphatic carbocycles. The van der Waals surface area contributed by atoms with Crippen molar-refractivity contribution in [3.63, 3.8) is 0 Å². The van der Waals surface area contributed by atoms with Gasteiger partial charge in [-0.1, -0.05) is 31.8 Å². The first-order chi connectivity index (χ1) is 11.0. The van der Waals surface area contributed by atoms with Crippen LogP contribution in [-0.2, 0) is 14.0 Å². The van der Waals surface area contributed by atoms with Crippen molar-refractivity contribution in [1.29, 1.82) is 0 Å². The second-order valence-corrected chi connectivity index (χ2v) is 17.6. The second kappa shape index (κ2) is 8.92. The summed E-state index contributed by atoms with van der Waals surface area (Å²) >= 11 is 0. The Morgan fingerprint density at radius 2 is 1.79 bits per heavy atom. The van der Waals surface area contributed by atoms with Crippen molar-refractivity contribution in [3.8, 4) is 0 Å². The van der Waals surface area contributed by atoms with E-state index in [0.29, 0.717) is 13.0 Å². The van der Waals surface area contributed by atoms with E-state index in [1.54, 1.807) is 0 Å². The van der Waals surface area contributed by atoms with Crippen molar-refractivity contribution < 1.29 is 18.8 Å². The summed E-state index contributed by atoms with van der Waals surface area (Å²) < 4.78 is 11.2. The molecular formula is C18H32O4Si2. The zero-order chi connectivity index (χ0) is 18.4. The summed E-state index contributed by atoms with van der Waals surface area (Å²) in [5.41, 5.74) is 0.860. The van der Waals surface area contributed by atoms with Crippen molar-refractivity contribution in [2.75, 3.05) is 6.61 Å². The minimum atomic E-state index is -1.82. The van der Waals surface area contributed by atoms with Crippen molar-refractivity contribution in [2.45, 2.75) is 71.1 Å². The van der Waals surface area contributed by atoms with Gasteiger partial charge in [0.1, 0.15) is 0 Å². The smallest absolute Gasteiger partial charge is 0.271 e. The maximum Gasteiger partial charge on any atom is 0.271 e. The van der Waals surface area contributed by atoms with Crippen LogP contribution in [0.5, 0.6) is 0 Å². The summed E-state index contributed by atoms with van der Waals surface area (Å²) in [5, 5.41) is 0.